The SMILES string of the molecule is CCCCN=C(NN)Nc1cc(OC)c(Cl)cc1OC. The van der Waals surface area contributed by atoms with Gasteiger partial charge in [0.05, 0.1) is 24.9 Å². The first-order valence-corrected chi connectivity index (χ1v) is 6.73. The van der Waals surface area contributed by atoms with E-state index >= 15 is 0 Å². The quantitative estimate of drug-likeness (QED) is 0.247. The van der Waals surface area contributed by atoms with E-state index in [0.717, 1.165) is 12.8 Å². The highest BCUT2D eigenvalue weighted by Gasteiger charge is 2.11. The van der Waals surface area contributed by atoms with Crippen molar-refractivity contribution in [2.24, 2.45) is 10.8 Å². The van der Waals surface area contributed by atoms with E-state index in [1.807, 2.05) is 0 Å². The number of methoxy groups -OCH3 is 2. The second-order valence-electron chi connectivity index (χ2n) is 4.04. The molecule has 0 amide bonds. The molecule has 0 heterocycles. The second kappa shape index (κ2) is 8.50. The van der Waals surface area contributed by atoms with Crippen LogP contribution in [0.15, 0.2) is 17.1 Å². The molecule has 0 aliphatic heterocycles. The lowest BCUT2D eigenvalue weighted by Gasteiger charge is -2.15. The molecule has 20 heavy (non-hydrogen) atoms. The first kappa shape index (κ1) is 16.4. The fourth-order valence-corrected chi connectivity index (χ4v) is 1.79. The van der Waals surface area contributed by atoms with Crippen molar-refractivity contribution < 1.29 is 9.47 Å². The van der Waals surface area contributed by atoms with Crippen LogP contribution in [0.25, 0.3) is 0 Å². The predicted molar refractivity (Wildman–Crippen MR) is 82.7 cm³/mol. The zero-order chi connectivity index (χ0) is 15.0. The highest BCUT2D eigenvalue weighted by Crippen LogP contribution is 2.35. The van der Waals surface area contributed by atoms with Crippen LogP contribution in [0, 0.1) is 0 Å². The molecule has 0 unspecified atom stereocenters. The molecular weight excluding hydrogens is 280 g/mol. The number of ether oxygens (including phenoxy) is 2. The number of guanidine groups is 1. The van der Waals surface area contributed by atoms with Crippen molar-refractivity contribution in [1.29, 1.82) is 0 Å². The van der Waals surface area contributed by atoms with Crippen LogP contribution in [0.3, 0.4) is 0 Å². The Morgan fingerprint density at radius 3 is 2.55 bits per heavy atom. The van der Waals surface area contributed by atoms with Crippen LogP contribution in [-0.4, -0.2) is 26.7 Å². The molecule has 0 aliphatic rings. The predicted octanol–water partition coefficient (Wildman–Crippen LogP) is 2.39. The average molecular weight is 301 g/mol. The van der Waals surface area contributed by atoms with Crippen molar-refractivity contribution in [2.45, 2.75) is 19.8 Å². The first-order valence-electron chi connectivity index (χ1n) is 6.35. The maximum atomic E-state index is 6.05. The van der Waals surface area contributed by atoms with Gasteiger partial charge in [-0.2, -0.15) is 0 Å². The van der Waals surface area contributed by atoms with Gasteiger partial charge in [-0.15, -0.1) is 0 Å². The van der Waals surface area contributed by atoms with Crippen LogP contribution in [0.4, 0.5) is 5.69 Å². The molecule has 0 saturated carbocycles. The molecule has 6 nitrogen and oxygen atoms in total. The summed E-state index contributed by atoms with van der Waals surface area (Å²) in [7, 11) is 3.11. The Morgan fingerprint density at radius 2 is 2.00 bits per heavy atom. The lowest BCUT2D eigenvalue weighted by atomic mass is 10.2. The highest BCUT2D eigenvalue weighted by atomic mass is 35.5. The number of halogens is 1. The van der Waals surface area contributed by atoms with Gasteiger partial charge in [0.2, 0.25) is 5.96 Å². The number of anilines is 1. The molecule has 4 N–H and O–H groups in total. The van der Waals surface area contributed by atoms with Crippen LogP contribution in [0.1, 0.15) is 19.8 Å². The van der Waals surface area contributed by atoms with Crippen LogP contribution in [0.5, 0.6) is 11.5 Å². The molecule has 0 bridgehead atoms. The fourth-order valence-electron chi connectivity index (χ4n) is 1.56. The van der Waals surface area contributed by atoms with Crippen molar-refractivity contribution >= 4 is 23.2 Å². The third-order valence-corrected chi connectivity index (χ3v) is 2.94. The van der Waals surface area contributed by atoms with Crippen LogP contribution in [0.2, 0.25) is 5.02 Å². The molecule has 0 atom stereocenters. The third-order valence-electron chi connectivity index (χ3n) is 2.65. The molecule has 0 fully saturated rings. The largest absolute Gasteiger partial charge is 0.495 e. The van der Waals surface area contributed by atoms with Crippen molar-refractivity contribution in [1.82, 2.24) is 5.43 Å². The molecule has 0 aromatic heterocycles. The number of rotatable bonds is 6. The van der Waals surface area contributed by atoms with Gasteiger partial charge in [-0.1, -0.05) is 24.9 Å². The molecule has 1 aromatic carbocycles. The van der Waals surface area contributed by atoms with E-state index in [2.05, 4.69) is 22.7 Å². The summed E-state index contributed by atoms with van der Waals surface area (Å²) in [4.78, 5) is 4.32. The van der Waals surface area contributed by atoms with Crippen LogP contribution in [-0.2, 0) is 0 Å². The summed E-state index contributed by atoms with van der Waals surface area (Å²) in [6.45, 7) is 2.79. The number of nitrogens with two attached hydrogens (primary N) is 1. The van der Waals surface area contributed by atoms with E-state index in [0.29, 0.717) is 34.7 Å². The lowest BCUT2D eigenvalue weighted by molar-refractivity contribution is 0.405. The van der Waals surface area contributed by atoms with E-state index in [9.17, 15) is 0 Å². The highest BCUT2D eigenvalue weighted by molar-refractivity contribution is 6.32. The Balaban J connectivity index is 2.96. The lowest BCUT2D eigenvalue weighted by Crippen LogP contribution is -2.36. The van der Waals surface area contributed by atoms with E-state index in [1.54, 1.807) is 26.4 Å². The zero-order valence-corrected chi connectivity index (χ0v) is 12.8. The summed E-state index contributed by atoms with van der Waals surface area (Å²) in [5.41, 5.74) is 3.19. The fraction of sp³-hybridized carbons (Fsp3) is 0.462. The smallest absolute Gasteiger partial charge is 0.210 e. The maximum Gasteiger partial charge on any atom is 0.210 e. The summed E-state index contributed by atoms with van der Waals surface area (Å²) in [6.07, 6.45) is 2.06. The minimum absolute atomic E-state index is 0.459. The summed E-state index contributed by atoms with van der Waals surface area (Å²) >= 11 is 6.05. The van der Waals surface area contributed by atoms with E-state index in [-0.39, 0.29) is 0 Å². The second-order valence-corrected chi connectivity index (χ2v) is 4.45. The molecule has 112 valence electrons. The minimum atomic E-state index is 0.459. The van der Waals surface area contributed by atoms with E-state index < -0.39 is 0 Å². The summed E-state index contributed by atoms with van der Waals surface area (Å²) in [6, 6.07) is 3.40. The van der Waals surface area contributed by atoms with Crippen molar-refractivity contribution in [3.8, 4) is 11.5 Å². The van der Waals surface area contributed by atoms with Gasteiger partial charge in [-0.05, 0) is 6.42 Å². The van der Waals surface area contributed by atoms with Crippen LogP contribution < -0.4 is 26.1 Å². The normalized spacial score (nSPS) is 11.2. The summed E-state index contributed by atoms with van der Waals surface area (Å²) in [5.74, 6) is 7.03. The average Bonchev–Trinajstić information content (AvgIpc) is 2.47. The Kier molecular flexibility index (Phi) is 6.97. The summed E-state index contributed by atoms with van der Waals surface area (Å²) in [5, 5.41) is 3.53. The monoisotopic (exact) mass is 300 g/mol. The number of benzene rings is 1. The Labute approximate surface area is 124 Å². The molecule has 1 rings (SSSR count). The topological polar surface area (TPSA) is 80.9 Å². The standard InChI is InChI=1S/C13H21ClN4O2/c1-4-5-6-16-13(18-15)17-10-8-11(19-2)9(14)7-12(10)20-3/h7-8H,4-6,15H2,1-3H3,(H2,16,17,18). The molecule has 0 saturated heterocycles. The van der Waals surface area contributed by atoms with Crippen molar-refractivity contribution in [3.05, 3.63) is 17.2 Å². The third kappa shape index (κ3) is 4.47. The van der Waals surface area contributed by atoms with Gasteiger partial charge in [0.25, 0.3) is 0 Å². The van der Waals surface area contributed by atoms with Crippen molar-refractivity contribution in [3.63, 3.8) is 0 Å². The van der Waals surface area contributed by atoms with Gasteiger partial charge in [0.1, 0.15) is 11.5 Å². The van der Waals surface area contributed by atoms with Gasteiger partial charge in [0, 0.05) is 18.7 Å². The maximum absolute atomic E-state index is 6.05. The van der Waals surface area contributed by atoms with Crippen molar-refractivity contribution in [2.75, 3.05) is 26.1 Å². The van der Waals surface area contributed by atoms with Crippen LogP contribution >= 0.6 is 11.6 Å². The van der Waals surface area contributed by atoms with Gasteiger partial charge in [-0.3, -0.25) is 10.4 Å². The molecule has 0 spiro atoms. The minimum Gasteiger partial charge on any atom is -0.495 e. The molecule has 1 aromatic rings. The van der Waals surface area contributed by atoms with Gasteiger partial charge >= 0.3 is 0 Å². The number of unbranched alkanes of at least 4 members (excludes halogenated alkanes) is 1. The Morgan fingerprint density at radius 1 is 1.30 bits per heavy atom. The molecule has 0 radical (unpaired) electrons. The van der Waals surface area contributed by atoms with E-state index in [1.165, 1.54) is 0 Å². The number of aliphatic imine (C=N–C) groups is 1. The Hall–Kier alpha value is -1.66. The van der Waals surface area contributed by atoms with E-state index in [4.69, 9.17) is 26.9 Å². The molecule has 0 aliphatic carbocycles. The number of nitrogens with zero attached hydrogens (tertiary/aromatic N) is 1. The number of nitrogens with one attached hydrogen (secondary N) is 2. The summed E-state index contributed by atoms with van der Waals surface area (Å²) < 4.78 is 10.5. The number of hydrogen-bond acceptors (Lipinski definition) is 4. The Bertz CT molecular complexity index is 466. The van der Waals surface area contributed by atoms with Gasteiger partial charge in [-0.25, -0.2) is 5.84 Å². The number of hydrogen-bond donors (Lipinski definition) is 3. The zero-order valence-electron chi connectivity index (χ0n) is 12.0. The molecular formula is C13H21ClN4O2. The van der Waals surface area contributed by atoms with Gasteiger partial charge in [0.15, 0.2) is 0 Å². The number of hydrazine groups is 1. The molecule has 7 heteroatoms. The van der Waals surface area contributed by atoms with Gasteiger partial charge < -0.3 is 14.8 Å². The first-order chi connectivity index (χ1) is 9.65.